The Morgan fingerprint density at radius 1 is 0.829 bits per heavy atom. The highest BCUT2D eigenvalue weighted by Crippen LogP contribution is 2.31. The van der Waals surface area contributed by atoms with Crippen LogP contribution in [0.2, 0.25) is 0 Å². The Morgan fingerprint density at radius 3 is 2.23 bits per heavy atom. The SMILES string of the molecule is Cc1ccc2nc(-c3ccc(NC(=O)c4ccc(NS(=O)(=O)c5ccccc5)cc4)cc3)sc2c1. The molecule has 0 atom stereocenters. The Balaban J connectivity index is 1.25. The van der Waals surface area contributed by atoms with Crippen molar-refractivity contribution < 1.29 is 13.2 Å². The fourth-order valence-corrected chi connectivity index (χ4v) is 5.71. The van der Waals surface area contributed by atoms with Crippen LogP contribution in [0.5, 0.6) is 0 Å². The number of thiazole rings is 1. The number of sulfonamides is 1. The van der Waals surface area contributed by atoms with Crippen LogP contribution in [0, 0.1) is 6.92 Å². The molecule has 5 aromatic rings. The van der Waals surface area contributed by atoms with Gasteiger partial charge in [-0.05, 0) is 85.3 Å². The molecular weight excluding hydrogens is 478 g/mol. The molecule has 1 amide bonds. The summed E-state index contributed by atoms with van der Waals surface area (Å²) in [5, 5.41) is 3.80. The van der Waals surface area contributed by atoms with Crippen molar-refractivity contribution in [2.24, 2.45) is 0 Å². The zero-order chi connectivity index (χ0) is 24.4. The molecular formula is C27H21N3O3S2. The fraction of sp³-hybridized carbons (Fsp3) is 0.0370. The normalized spacial score (nSPS) is 11.3. The van der Waals surface area contributed by atoms with E-state index in [9.17, 15) is 13.2 Å². The quantitative estimate of drug-likeness (QED) is 0.286. The van der Waals surface area contributed by atoms with Gasteiger partial charge in [0.05, 0.1) is 15.1 Å². The number of hydrogen-bond donors (Lipinski definition) is 2. The minimum Gasteiger partial charge on any atom is -0.322 e. The molecule has 0 radical (unpaired) electrons. The Labute approximate surface area is 207 Å². The molecule has 0 aliphatic carbocycles. The van der Waals surface area contributed by atoms with Gasteiger partial charge < -0.3 is 5.32 Å². The zero-order valence-corrected chi connectivity index (χ0v) is 20.4. The second kappa shape index (κ2) is 9.32. The number of carbonyl (C=O) groups is 1. The molecule has 35 heavy (non-hydrogen) atoms. The van der Waals surface area contributed by atoms with E-state index in [0.717, 1.165) is 20.8 Å². The van der Waals surface area contributed by atoms with E-state index in [2.05, 4.69) is 29.1 Å². The van der Waals surface area contributed by atoms with Crippen molar-refractivity contribution in [1.29, 1.82) is 0 Å². The van der Waals surface area contributed by atoms with E-state index < -0.39 is 10.0 Å². The number of anilines is 2. The van der Waals surface area contributed by atoms with Crippen LogP contribution in [0.4, 0.5) is 11.4 Å². The lowest BCUT2D eigenvalue weighted by molar-refractivity contribution is 0.102. The summed E-state index contributed by atoms with van der Waals surface area (Å²) in [6.07, 6.45) is 0. The Bertz CT molecular complexity index is 1610. The van der Waals surface area contributed by atoms with Crippen molar-refractivity contribution >= 4 is 48.9 Å². The lowest BCUT2D eigenvalue weighted by Crippen LogP contribution is -2.14. The van der Waals surface area contributed by atoms with Crippen LogP contribution in [-0.2, 0) is 10.0 Å². The summed E-state index contributed by atoms with van der Waals surface area (Å²) in [5.41, 5.74) is 4.61. The largest absolute Gasteiger partial charge is 0.322 e. The van der Waals surface area contributed by atoms with Gasteiger partial charge in [-0.2, -0.15) is 0 Å². The lowest BCUT2D eigenvalue weighted by atomic mass is 10.1. The molecule has 0 aliphatic rings. The summed E-state index contributed by atoms with van der Waals surface area (Å²) in [6.45, 7) is 2.06. The van der Waals surface area contributed by atoms with Crippen LogP contribution in [0.15, 0.2) is 102 Å². The maximum absolute atomic E-state index is 12.7. The molecule has 0 fully saturated rings. The van der Waals surface area contributed by atoms with Crippen molar-refractivity contribution in [2.75, 3.05) is 10.0 Å². The van der Waals surface area contributed by atoms with Crippen LogP contribution in [-0.4, -0.2) is 19.3 Å². The topological polar surface area (TPSA) is 88.2 Å². The number of carbonyl (C=O) groups excluding carboxylic acids is 1. The van der Waals surface area contributed by atoms with Gasteiger partial charge in [0, 0.05) is 22.5 Å². The molecule has 0 aliphatic heterocycles. The van der Waals surface area contributed by atoms with Crippen molar-refractivity contribution in [2.45, 2.75) is 11.8 Å². The van der Waals surface area contributed by atoms with Gasteiger partial charge in [0.15, 0.2) is 0 Å². The number of amides is 1. The molecule has 1 heterocycles. The molecule has 0 spiro atoms. The number of hydrogen-bond acceptors (Lipinski definition) is 5. The average molecular weight is 500 g/mol. The smallest absolute Gasteiger partial charge is 0.261 e. The maximum atomic E-state index is 12.7. The number of aromatic nitrogens is 1. The molecule has 0 bridgehead atoms. The zero-order valence-electron chi connectivity index (χ0n) is 18.7. The number of fused-ring (bicyclic) bond motifs is 1. The first-order valence-electron chi connectivity index (χ1n) is 10.8. The lowest BCUT2D eigenvalue weighted by Gasteiger charge is -2.09. The molecule has 4 aromatic carbocycles. The van der Waals surface area contributed by atoms with Crippen LogP contribution in [0.25, 0.3) is 20.8 Å². The summed E-state index contributed by atoms with van der Waals surface area (Å²) in [6, 6.07) is 28.1. The molecule has 2 N–H and O–H groups in total. The number of nitrogens with one attached hydrogen (secondary N) is 2. The highest BCUT2D eigenvalue weighted by atomic mass is 32.2. The minimum absolute atomic E-state index is 0.172. The minimum atomic E-state index is -3.69. The van der Waals surface area contributed by atoms with E-state index in [1.54, 1.807) is 53.8 Å². The van der Waals surface area contributed by atoms with E-state index in [-0.39, 0.29) is 10.8 Å². The third-order valence-corrected chi connectivity index (χ3v) is 7.85. The highest BCUT2D eigenvalue weighted by molar-refractivity contribution is 7.92. The van der Waals surface area contributed by atoms with E-state index in [0.29, 0.717) is 16.9 Å². The van der Waals surface area contributed by atoms with Gasteiger partial charge in [0.2, 0.25) is 0 Å². The molecule has 6 nitrogen and oxygen atoms in total. The predicted molar refractivity (Wildman–Crippen MR) is 141 cm³/mol. The third kappa shape index (κ3) is 5.08. The average Bonchev–Trinajstić information content (AvgIpc) is 3.28. The second-order valence-electron chi connectivity index (χ2n) is 8.02. The molecule has 1 aromatic heterocycles. The Morgan fingerprint density at radius 2 is 1.51 bits per heavy atom. The summed E-state index contributed by atoms with van der Waals surface area (Å²) >= 11 is 1.64. The van der Waals surface area contributed by atoms with Crippen molar-refractivity contribution in [3.63, 3.8) is 0 Å². The standard InChI is InChI=1S/C27H21N3O3S2/c1-18-7-16-24-25(17-18)34-27(29-24)20-10-12-21(13-11-20)28-26(31)19-8-14-22(15-9-19)30-35(32,33)23-5-3-2-4-6-23/h2-17,30H,1H3,(H,28,31). The van der Waals surface area contributed by atoms with Gasteiger partial charge in [-0.3, -0.25) is 9.52 Å². The van der Waals surface area contributed by atoms with E-state index in [1.807, 2.05) is 30.3 Å². The molecule has 5 rings (SSSR count). The van der Waals surface area contributed by atoms with Gasteiger partial charge in [-0.25, -0.2) is 13.4 Å². The second-order valence-corrected chi connectivity index (χ2v) is 10.7. The van der Waals surface area contributed by atoms with Gasteiger partial charge in [-0.15, -0.1) is 11.3 Å². The van der Waals surface area contributed by atoms with Crippen LogP contribution in [0.3, 0.4) is 0 Å². The molecule has 8 heteroatoms. The van der Waals surface area contributed by atoms with Gasteiger partial charge in [0.1, 0.15) is 5.01 Å². The number of aryl methyl sites for hydroxylation is 1. The Hall–Kier alpha value is -4.01. The third-order valence-electron chi connectivity index (χ3n) is 5.39. The van der Waals surface area contributed by atoms with Crippen LogP contribution >= 0.6 is 11.3 Å². The van der Waals surface area contributed by atoms with Gasteiger partial charge in [-0.1, -0.05) is 24.3 Å². The number of nitrogens with zero attached hydrogens (tertiary/aromatic N) is 1. The Kier molecular flexibility index (Phi) is 6.07. The van der Waals surface area contributed by atoms with E-state index in [1.165, 1.54) is 17.7 Å². The molecule has 174 valence electrons. The van der Waals surface area contributed by atoms with Crippen LogP contribution < -0.4 is 10.0 Å². The molecule has 0 unspecified atom stereocenters. The van der Waals surface area contributed by atoms with Crippen molar-refractivity contribution in [3.05, 3.63) is 108 Å². The maximum Gasteiger partial charge on any atom is 0.261 e. The van der Waals surface area contributed by atoms with Gasteiger partial charge >= 0.3 is 0 Å². The highest BCUT2D eigenvalue weighted by Gasteiger charge is 2.14. The van der Waals surface area contributed by atoms with E-state index >= 15 is 0 Å². The van der Waals surface area contributed by atoms with Crippen LogP contribution in [0.1, 0.15) is 15.9 Å². The van der Waals surface area contributed by atoms with Gasteiger partial charge in [0.25, 0.3) is 15.9 Å². The summed E-state index contributed by atoms with van der Waals surface area (Å²) < 4.78 is 28.6. The number of rotatable bonds is 6. The van der Waals surface area contributed by atoms with Crippen molar-refractivity contribution in [3.8, 4) is 10.6 Å². The number of benzene rings is 4. The predicted octanol–water partition coefficient (Wildman–Crippen LogP) is 6.32. The first-order valence-corrected chi connectivity index (χ1v) is 13.1. The monoisotopic (exact) mass is 499 g/mol. The summed E-state index contributed by atoms with van der Waals surface area (Å²) in [7, 11) is -3.69. The first kappa shape index (κ1) is 22.8. The summed E-state index contributed by atoms with van der Waals surface area (Å²) in [4.78, 5) is 17.5. The summed E-state index contributed by atoms with van der Waals surface area (Å²) in [5.74, 6) is -0.286. The molecule has 0 saturated heterocycles. The van der Waals surface area contributed by atoms with Crippen molar-refractivity contribution in [1.82, 2.24) is 4.98 Å². The van der Waals surface area contributed by atoms with E-state index in [4.69, 9.17) is 4.98 Å². The fourth-order valence-electron chi connectivity index (χ4n) is 3.56. The molecule has 0 saturated carbocycles. The first-order chi connectivity index (χ1) is 16.9.